The van der Waals surface area contributed by atoms with Crippen LogP contribution < -0.4 is 9.64 Å². The van der Waals surface area contributed by atoms with Gasteiger partial charge < -0.3 is 9.84 Å². The van der Waals surface area contributed by atoms with Gasteiger partial charge in [0.15, 0.2) is 11.6 Å². The number of nitrogens with zero attached hydrogens (tertiary/aromatic N) is 1. The molecule has 7 heteroatoms. The van der Waals surface area contributed by atoms with Gasteiger partial charge in [0.25, 0.3) is 0 Å². The molecule has 4 aliphatic rings. The molecule has 1 heterocycles. The number of carbonyl (C=O) groups excluding carboxylic acids is 4. The van der Waals surface area contributed by atoms with E-state index in [1.54, 1.807) is 19.1 Å². The number of fused-ring (bicyclic) bond motifs is 3. The van der Waals surface area contributed by atoms with Crippen LogP contribution in [0.1, 0.15) is 43.7 Å². The molecule has 1 saturated heterocycles. The molecule has 2 aromatic carbocycles. The number of aryl methyl sites for hydroxylation is 1. The quantitative estimate of drug-likeness (QED) is 0.336. The molecule has 7 nitrogen and oxygen atoms in total. The normalized spacial score (nSPS) is 25.8. The zero-order valence-electron chi connectivity index (χ0n) is 22.6. The second kappa shape index (κ2) is 10.1. The zero-order valence-corrected chi connectivity index (χ0v) is 22.6. The summed E-state index contributed by atoms with van der Waals surface area (Å²) in [5.41, 5.74) is 4.74. The highest BCUT2D eigenvalue weighted by Crippen LogP contribution is 2.55. The molecule has 0 saturated carbocycles. The largest absolute Gasteiger partial charge is 0.491 e. The maximum atomic E-state index is 14.0. The predicted molar refractivity (Wildman–Crippen MR) is 149 cm³/mol. The number of aliphatic hydroxyl groups is 1. The van der Waals surface area contributed by atoms with Gasteiger partial charge in [-0.05, 0) is 73.6 Å². The Bertz CT molecular complexity index is 1510. The molecule has 0 bridgehead atoms. The van der Waals surface area contributed by atoms with Crippen LogP contribution in [-0.2, 0) is 25.6 Å². The molecule has 1 fully saturated rings. The van der Waals surface area contributed by atoms with Crippen molar-refractivity contribution in [2.75, 3.05) is 18.1 Å². The molecule has 4 atom stereocenters. The SMILES string of the molecule is CCc1ccc(N2C(=O)[C@H]3[C@H](CC=C4[C@H](c5ccc(OCCO)cc5)C5=C(C[C@H]43)C(=O)C=C(C)C5=O)C2=O)cc1. The molecule has 40 heavy (non-hydrogen) atoms. The predicted octanol–water partition coefficient (Wildman–Crippen LogP) is 4.25. The van der Waals surface area contributed by atoms with Crippen LogP contribution in [0.4, 0.5) is 5.69 Å². The monoisotopic (exact) mass is 537 g/mol. The Morgan fingerprint density at radius 2 is 1.68 bits per heavy atom. The topological polar surface area (TPSA) is 101 Å². The summed E-state index contributed by atoms with van der Waals surface area (Å²) in [6.45, 7) is 3.77. The summed E-state index contributed by atoms with van der Waals surface area (Å²) < 4.78 is 5.52. The first-order valence-corrected chi connectivity index (χ1v) is 13.8. The second-order valence-corrected chi connectivity index (χ2v) is 10.9. The maximum Gasteiger partial charge on any atom is 0.238 e. The number of ketones is 2. The van der Waals surface area contributed by atoms with Crippen molar-refractivity contribution in [2.45, 2.75) is 39.0 Å². The van der Waals surface area contributed by atoms with Gasteiger partial charge in [-0.3, -0.25) is 24.1 Å². The van der Waals surface area contributed by atoms with E-state index >= 15 is 0 Å². The third-order valence-electron chi connectivity index (χ3n) is 8.74. The number of allylic oxidation sites excluding steroid dienone is 6. The minimum absolute atomic E-state index is 0.105. The Kier molecular flexibility index (Phi) is 6.62. The number of imide groups is 1. The number of rotatable bonds is 6. The second-order valence-electron chi connectivity index (χ2n) is 10.9. The summed E-state index contributed by atoms with van der Waals surface area (Å²) >= 11 is 0. The fourth-order valence-electron chi connectivity index (χ4n) is 6.80. The lowest BCUT2D eigenvalue weighted by Crippen LogP contribution is -2.39. The molecule has 0 radical (unpaired) electrons. The minimum Gasteiger partial charge on any atom is -0.491 e. The van der Waals surface area contributed by atoms with Gasteiger partial charge in [0.1, 0.15) is 12.4 Å². The van der Waals surface area contributed by atoms with E-state index in [1.165, 1.54) is 11.0 Å². The highest BCUT2D eigenvalue weighted by Gasteiger charge is 2.56. The van der Waals surface area contributed by atoms with Crippen molar-refractivity contribution >= 4 is 29.1 Å². The zero-order chi connectivity index (χ0) is 28.1. The first-order valence-electron chi connectivity index (χ1n) is 13.8. The van der Waals surface area contributed by atoms with Crippen LogP contribution in [0.15, 0.2) is 83.0 Å². The Labute approximate surface area is 232 Å². The van der Waals surface area contributed by atoms with Gasteiger partial charge in [0, 0.05) is 22.6 Å². The summed E-state index contributed by atoms with van der Waals surface area (Å²) in [5.74, 6) is -2.20. The molecule has 2 amide bonds. The van der Waals surface area contributed by atoms with Crippen molar-refractivity contribution < 1.29 is 29.0 Å². The van der Waals surface area contributed by atoms with E-state index in [0.717, 1.165) is 23.1 Å². The highest BCUT2D eigenvalue weighted by molar-refractivity contribution is 6.25. The van der Waals surface area contributed by atoms with E-state index in [4.69, 9.17) is 9.84 Å². The number of benzene rings is 2. The maximum absolute atomic E-state index is 14.0. The van der Waals surface area contributed by atoms with Crippen LogP contribution in [0.5, 0.6) is 5.75 Å². The van der Waals surface area contributed by atoms with Gasteiger partial charge in [-0.15, -0.1) is 0 Å². The van der Waals surface area contributed by atoms with E-state index in [2.05, 4.69) is 6.92 Å². The van der Waals surface area contributed by atoms with Crippen molar-refractivity contribution in [3.05, 3.63) is 94.1 Å². The average molecular weight is 538 g/mol. The number of ether oxygens (including phenoxy) is 1. The number of hydrogen-bond acceptors (Lipinski definition) is 6. The van der Waals surface area contributed by atoms with Crippen LogP contribution in [0.2, 0.25) is 0 Å². The van der Waals surface area contributed by atoms with E-state index < -0.39 is 17.8 Å². The first kappa shape index (κ1) is 26.1. The lowest BCUT2D eigenvalue weighted by atomic mass is 9.59. The van der Waals surface area contributed by atoms with E-state index in [9.17, 15) is 19.2 Å². The summed E-state index contributed by atoms with van der Waals surface area (Å²) in [6.07, 6.45) is 4.93. The van der Waals surface area contributed by atoms with Crippen molar-refractivity contribution in [1.82, 2.24) is 0 Å². The van der Waals surface area contributed by atoms with Crippen LogP contribution in [0.3, 0.4) is 0 Å². The number of carbonyl (C=O) groups is 4. The van der Waals surface area contributed by atoms with Crippen molar-refractivity contribution in [3.63, 3.8) is 0 Å². The van der Waals surface area contributed by atoms with E-state index in [-0.39, 0.29) is 48.9 Å². The molecule has 0 aromatic heterocycles. The Balaban J connectivity index is 1.42. The molecule has 1 aliphatic heterocycles. The minimum atomic E-state index is -0.600. The fraction of sp³-hybridized carbons (Fsp3) is 0.333. The number of anilines is 1. The summed E-state index contributed by atoms with van der Waals surface area (Å²) in [6, 6.07) is 14.8. The first-order chi connectivity index (χ1) is 19.3. The van der Waals surface area contributed by atoms with Crippen LogP contribution in [0.25, 0.3) is 0 Å². The number of aliphatic hydroxyl groups excluding tert-OH is 1. The number of hydrogen-bond donors (Lipinski definition) is 1. The third kappa shape index (κ3) is 4.07. The lowest BCUT2D eigenvalue weighted by Gasteiger charge is -2.42. The summed E-state index contributed by atoms with van der Waals surface area (Å²) in [7, 11) is 0. The highest BCUT2D eigenvalue weighted by atomic mass is 16.5. The Morgan fingerprint density at radius 1 is 0.950 bits per heavy atom. The molecule has 204 valence electrons. The molecule has 0 unspecified atom stereocenters. The van der Waals surface area contributed by atoms with Crippen molar-refractivity contribution in [1.29, 1.82) is 0 Å². The molecule has 0 spiro atoms. The van der Waals surface area contributed by atoms with Gasteiger partial charge in [-0.25, -0.2) is 0 Å². The number of Topliss-reactive ketones (excluding diaryl/α,β-unsaturated/α-hetero) is 1. The van der Waals surface area contributed by atoms with E-state index in [0.29, 0.717) is 34.6 Å². The molecular weight excluding hydrogens is 506 g/mol. The third-order valence-corrected chi connectivity index (χ3v) is 8.74. The van der Waals surface area contributed by atoms with Gasteiger partial charge >= 0.3 is 0 Å². The van der Waals surface area contributed by atoms with E-state index in [1.807, 2.05) is 42.5 Å². The van der Waals surface area contributed by atoms with Gasteiger partial charge in [-0.1, -0.05) is 42.8 Å². The van der Waals surface area contributed by atoms with Crippen molar-refractivity contribution in [3.8, 4) is 5.75 Å². The summed E-state index contributed by atoms with van der Waals surface area (Å²) in [4.78, 5) is 55.7. The molecule has 3 aliphatic carbocycles. The Hall–Kier alpha value is -4.10. The van der Waals surface area contributed by atoms with Crippen LogP contribution >= 0.6 is 0 Å². The van der Waals surface area contributed by atoms with Crippen LogP contribution in [-0.4, -0.2) is 41.7 Å². The summed E-state index contributed by atoms with van der Waals surface area (Å²) in [5, 5.41) is 9.09. The molecule has 6 rings (SSSR count). The number of amides is 2. The molecule has 1 N–H and O–H groups in total. The van der Waals surface area contributed by atoms with Crippen LogP contribution in [0, 0.1) is 17.8 Å². The van der Waals surface area contributed by atoms with Crippen molar-refractivity contribution in [2.24, 2.45) is 17.8 Å². The standard InChI is InChI=1S/C33H31NO6/c1-3-19-4-8-21(9-5-19)34-32(38)24-13-12-23-25(29(24)33(34)39)17-26-27(36)16-18(2)31(37)30(26)28(23)20-6-10-22(11-7-20)40-15-14-35/h4-12,16,24-25,28-29,35H,3,13-15,17H2,1-2H3/t24-,25+,28-,29-/m0/s1. The molecule has 2 aromatic rings. The van der Waals surface area contributed by atoms with Gasteiger partial charge in [0.2, 0.25) is 11.8 Å². The molecular formula is C33H31NO6. The average Bonchev–Trinajstić information content (AvgIpc) is 3.23. The lowest BCUT2D eigenvalue weighted by molar-refractivity contribution is -0.123. The van der Waals surface area contributed by atoms with Gasteiger partial charge in [-0.2, -0.15) is 0 Å². The smallest absolute Gasteiger partial charge is 0.238 e. The van der Waals surface area contributed by atoms with Gasteiger partial charge in [0.05, 0.1) is 24.1 Å². The Morgan fingerprint density at radius 3 is 2.35 bits per heavy atom. The fourth-order valence-corrected chi connectivity index (χ4v) is 6.80.